The highest BCUT2D eigenvalue weighted by Crippen LogP contribution is 2.16. The Bertz CT molecular complexity index is 729. The van der Waals surface area contributed by atoms with Crippen molar-refractivity contribution < 1.29 is 19.1 Å². The molecule has 0 saturated heterocycles. The average molecular weight is 559 g/mol. The highest BCUT2D eigenvalue weighted by Gasteiger charge is 2.18. The zero-order chi connectivity index (χ0) is 28.9. The topological polar surface area (TPSA) is 52.6 Å². The molecule has 0 N–H and O–H groups in total. The first kappa shape index (κ1) is 36.2. The van der Waals surface area contributed by atoms with Crippen LogP contribution in [0.4, 0.5) is 0 Å². The molecule has 0 radical (unpaired) electrons. The summed E-state index contributed by atoms with van der Waals surface area (Å²) in [5.41, 5.74) is 0.610. The van der Waals surface area contributed by atoms with Gasteiger partial charge in [-0.1, -0.05) is 167 Å². The van der Waals surface area contributed by atoms with Crippen LogP contribution < -0.4 is 0 Å². The van der Waals surface area contributed by atoms with Crippen molar-refractivity contribution in [2.75, 3.05) is 13.2 Å². The summed E-state index contributed by atoms with van der Waals surface area (Å²) in [5.74, 6) is -0.863. The monoisotopic (exact) mass is 558 g/mol. The second-order valence-electron chi connectivity index (χ2n) is 11.6. The van der Waals surface area contributed by atoms with Crippen LogP contribution in [0.2, 0.25) is 0 Å². The number of unbranched alkanes of at least 4 members (excludes halogenated alkanes) is 22. The Kier molecular flexibility index (Phi) is 24.7. The molecule has 0 bridgehead atoms. The molecule has 4 nitrogen and oxygen atoms in total. The highest BCUT2D eigenvalue weighted by molar-refractivity contribution is 6.03. The lowest BCUT2D eigenvalue weighted by Crippen LogP contribution is -2.15. The van der Waals surface area contributed by atoms with E-state index in [0.29, 0.717) is 24.3 Å². The number of ether oxygens (including phenoxy) is 2. The molecule has 0 unspecified atom stereocenters. The fraction of sp³-hybridized carbons (Fsp3) is 0.778. The largest absolute Gasteiger partial charge is 0.462 e. The molecule has 0 atom stereocenters. The minimum absolute atomic E-state index is 0.305. The maximum absolute atomic E-state index is 12.6. The van der Waals surface area contributed by atoms with Gasteiger partial charge in [-0.05, 0) is 25.0 Å². The van der Waals surface area contributed by atoms with E-state index in [2.05, 4.69) is 13.8 Å². The normalized spacial score (nSPS) is 11.1. The van der Waals surface area contributed by atoms with Crippen molar-refractivity contribution in [3.63, 3.8) is 0 Å². The molecular formula is C36H62O4. The van der Waals surface area contributed by atoms with Crippen molar-refractivity contribution in [2.45, 2.75) is 168 Å². The third-order valence-corrected chi connectivity index (χ3v) is 7.83. The van der Waals surface area contributed by atoms with Crippen LogP contribution in [-0.2, 0) is 9.47 Å². The number of benzene rings is 1. The summed E-state index contributed by atoms with van der Waals surface area (Å²) in [7, 11) is 0. The number of carbonyl (C=O) groups excluding carboxylic acids is 2. The Labute approximate surface area is 247 Å². The Balaban J connectivity index is 2.05. The van der Waals surface area contributed by atoms with E-state index in [-0.39, 0.29) is 0 Å². The third kappa shape index (κ3) is 20.1. The van der Waals surface area contributed by atoms with Gasteiger partial charge in [0, 0.05) is 0 Å². The average Bonchev–Trinajstić information content (AvgIpc) is 2.97. The van der Waals surface area contributed by atoms with E-state index in [0.717, 1.165) is 25.7 Å². The van der Waals surface area contributed by atoms with Gasteiger partial charge in [0.1, 0.15) is 0 Å². The van der Waals surface area contributed by atoms with Crippen molar-refractivity contribution in [1.29, 1.82) is 0 Å². The number of hydrogen-bond donors (Lipinski definition) is 0. The van der Waals surface area contributed by atoms with Gasteiger partial charge in [0.05, 0.1) is 24.3 Å². The van der Waals surface area contributed by atoms with E-state index in [1.54, 1.807) is 24.3 Å². The van der Waals surface area contributed by atoms with E-state index >= 15 is 0 Å². The molecule has 1 rings (SSSR count). The van der Waals surface area contributed by atoms with E-state index in [9.17, 15) is 9.59 Å². The highest BCUT2D eigenvalue weighted by atomic mass is 16.5. The summed E-state index contributed by atoms with van der Waals surface area (Å²) in [6, 6.07) is 6.84. The van der Waals surface area contributed by atoms with Gasteiger partial charge >= 0.3 is 11.9 Å². The molecule has 0 amide bonds. The molecule has 0 fully saturated rings. The fourth-order valence-electron chi connectivity index (χ4n) is 5.21. The molecule has 0 aliphatic rings. The lowest BCUT2D eigenvalue weighted by molar-refractivity contribution is 0.0450. The second-order valence-corrected chi connectivity index (χ2v) is 11.6. The molecule has 0 aliphatic carbocycles. The number of esters is 2. The maximum atomic E-state index is 12.6. The summed E-state index contributed by atoms with van der Waals surface area (Å²) in [6.45, 7) is 5.31. The van der Waals surface area contributed by atoms with Crippen LogP contribution in [0.25, 0.3) is 0 Å². The van der Waals surface area contributed by atoms with Gasteiger partial charge < -0.3 is 9.47 Å². The van der Waals surface area contributed by atoms with Crippen molar-refractivity contribution in [2.24, 2.45) is 0 Å². The van der Waals surface area contributed by atoms with Gasteiger partial charge in [-0.3, -0.25) is 0 Å². The first-order chi connectivity index (χ1) is 19.7. The van der Waals surface area contributed by atoms with Gasteiger partial charge in [0.15, 0.2) is 0 Å². The maximum Gasteiger partial charge on any atom is 0.339 e. The SMILES string of the molecule is CCCCCCCCCCCCCCCCCCOC(=O)c1ccccc1C(=O)OCCCCCCCCCC. The lowest BCUT2D eigenvalue weighted by Gasteiger charge is -2.10. The summed E-state index contributed by atoms with van der Waals surface area (Å²) < 4.78 is 10.9. The zero-order valence-corrected chi connectivity index (χ0v) is 26.3. The lowest BCUT2D eigenvalue weighted by atomic mass is 10.0. The predicted molar refractivity (Wildman–Crippen MR) is 169 cm³/mol. The molecule has 1 aromatic carbocycles. The third-order valence-electron chi connectivity index (χ3n) is 7.83. The van der Waals surface area contributed by atoms with Crippen molar-refractivity contribution in [1.82, 2.24) is 0 Å². The molecular weight excluding hydrogens is 496 g/mol. The summed E-state index contributed by atoms with van der Waals surface area (Å²) >= 11 is 0. The van der Waals surface area contributed by atoms with Crippen LogP contribution >= 0.6 is 0 Å². The van der Waals surface area contributed by atoms with E-state index in [4.69, 9.17) is 9.47 Å². The van der Waals surface area contributed by atoms with Crippen molar-refractivity contribution in [3.8, 4) is 0 Å². The predicted octanol–water partition coefficient (Wildman–Crippen LogP) is 11.4. The second kappa shape index (κ2) is 27.3. The van der Waals surface area contributed by atoms with Crippen LogP contribution in [-0.4, -0.2) is 25.2 Å². The fourth-order valence-corrected chi connectivity index (χ4v) is 5.21. The molecule has 0 aliphatic heterocycles. The molecule has 0 saturated carbocycles. The minimum Gasteiger partial charge on any atom is -0.462 e. The molecule has 1 aromatic rings. The number of carbonyl (C=O) groups is 2. The van der Waals surface area contributed by atoms with Gasteiger partial charge in [0.25, 0.3) is 0 Å². The van der Waals surface area contributed by atoms with Crippen LogP contribution in [0.3, 0.4) is 0 Å². The van der Waals surface area contributed by atoms with Crippen molar-refractivity contribution in [3.05, 3.63) is 35.4 Å². The first-order valence-electron chi connectivity index (χ1n) is 17.1. The van der Waals surface area contributed by atoms with Crippen LogP contribution in [0.5, 0.6) is 0 Å². The van der Waals surface area contributed by atoms with Gasteiger partial charge in [0.2, 0.25) is 0 Å². The van der Waals surface area contributed by atoms with Crippen LogP contribution in [0, 0.1) is 0 Å². The molecule has 40 heavy (non-hydrogen) atoms. The van der Waals surface area contributed by atoms with Gasteiger partial charge in [-0.2, -0.15) is 0 Å². The van der Waals surface area contributed by atoms with Gasteiger partial charge in [-0.15, -0.1) is 0 Å². The Morgan fingerprint density at radius 3 is 0.950 bits per heavy atom. The van der Waals surface area contributed by atoms with Crippen LogP contribution in [0.1, 0.15) is 189 Å². The van der Waals surface area contributed by atoms with Crippen molar-refractivity contribution >= 4 is 11.9 Å². The van der Waals surface area contributed by atoms with E-state index in [1.807, 2.05) is 0 Å². The Morgan fingerprint density at radius 2 is 0.675 bits per heavy atom. The zero-order valence-electron chi connectivity index (χ0n) is 26.3. The first-order valence-corrected chi connectivity index (χ1v) is 17.1. The molecule has 0 heterocycles. The number of rotatable bonds is 28. The molecule has 0 spiro atoms. The summed E-state index contributed by atoms with van der Waals surface area (Å²) in [4.78, 5) is 25.2. The Morgan fingerprint density at radius 1 is 0.425 bits per heavy atom. The van der Waals surface area contributed by atoms with Gasteiger partial charge in [-0.25, -0.2) is 9.59 Å². The standard InChI is InChI=1S/C36H62O4/c1-3-5-7-9-11-13-14-15-16-17-18-19-20-22-24-28-32-40-36(38)34-30-26-25-29-33(34)35(37)39-31-27-23-21-12-10-8-6-4-2/h25-26,29-30H,3-24,27-28,31-32H2,1-2H3. The van der Waals surface area contributed by atoms with E-state index in [1.165, 1.54) is 128 Å². The molecule has 4 heteroatoms. The summed E-state index contributed by atoms with van der Waals surface area (Å²) in [6.07, 6.45) is 30.6. The molecule has 0 aromatic heterocycles. The Hall–Kier alpha value is -1.84. The minimum atomic E-state index is -0.432. The van der Waals surface area contributed by atoms with E-state index < -0.39 is 11.9 Å². The smallest absolute Gasteiger partial charge is 0.339 e. The number of hydrogen-bond acceptors (Lipinski definition) is 4. The van der Waals surface area contributed by atoms with Crippen LogP contribution in [0.15, 0.2) is 24.3 Å². The molecule has 230 valence electrons. The summed E-state index contributed by atoms with van der Waals surface area (Å²) in [5, 5.41) is 0. The quantitative estimate of drug-likeness (QED) is 0.0758.